The van der Waals surface area contributed by atoms with Gasteiger partial charge in [0.1, 0.15) is 0 Å². The predicted molar refractivity (Wildman–Crippen MR) is 222 cm³/mol. The fraction of sp³-hybridized carbons (Fsp3) is 0.0833. The van der Waals surface area contributed by atoms with E-state index >= 15 is 0 Å². The zero-order valence-electron chi connectivity index (χ0n) is 29.8. The molecule has 0 aliphatic heterocycles. The minimum atomic E-state index is 0.713. The fourth-order valence-corrected chi connectivity index (χ4v) is 7.30. The third-order valence-corrected chi connectivity index (χ3v) is 9.68. The number of benzene rings is 6. The molecule has 0 unspecified atom stereocenters. The number of hydrogen-bond donors (Lipinski definition) is 0. The summed E-state index contributed by atoms with van der Waals surface area (Å²) >= 11 is 0. The number of nitrogens with zero attached hydrogens (tertiary/aromatic N) is 4. The first kappa shape index (κ1) is 32.7. The van der Waals surface area contributed by atoms with Gasteiger partial charge >= 0.3 is 0 Å². The highest BCUT2D eigenvalue weighted by atomic mass is 15.0. The normalized spacial score (nSPS) is 11.9. The Kier molecular flexibility index (Phi) is 8.80. The average molecular weight is 673 g/mol. The number of fused-ring (bicyclic) bond motifs is 2. The molecular formula is C48H40N4. The van der Waals surface area contributed by atoms with E-state index in [0.717, 1.165) is 45.9 Å². The van der Waals surface area contributed by atoms with Crippen molar-refractivity contribution in [1.82, 2.24) is 19.1 Å². The van der Waals surface area contributed by atoms with E-state index in [1.807, 2.05) is 38.1 Å². The smallest absolute Gasteiger partial charge is 0.160 e. The summed E-state index contributed by atoms with van der Waals surface area (Å²) in [7, 11) is 0. The van der Waals surface area contributed by atoms with Crippen molar-refractivity contribution in [2.75, 3.05) is 0 Å². The lowest BCUT2D eigenvalue weighted by molar-refractivity contribution is 1.12. The summed E-state index contributed by atoms with van der Waals surface area (Å²) in [5.41, 5.74) is 10.7. The van der Waals surface area contributed by atoms with Gasteiger partial charge in [-0.25, -0.2) is 9.97 Å². The molecule has 6 aromatic carbocycles. The van der Waals surface area contributed by atoms with Crippen LogP contribution in [0.25, 0.3) is 83.1 Å². The minimum absolute atomic E-state index is 0.713. The summed E-state index contributed by atoms with van der Waals surface area (Å²) < 4.78 is 4.72. The Hall–Kier alpha value is -6.52. The SMILES string of the molecule is C=C/C=C\C/C=C(\C)c1cc(-c2cccc(-n3c4cccc5ccc6c7ccn(-c8ccccc8)c7cc3c6c54)c2)nc(-c2ccccc2)n1.CC. The lowest BCUT2D eigenvalue weighted by atomic mass is 10.00. The second-order valence-corrected chi connectivity index (χ2v) is 12.7. The van der Waals surface area contributed by atoms with E-state index in [1.54, 1.807) is 6.08 Å². The standard InChI is InChI=1S/C46H34N4.C2H6/c1-3-4-5-8-15-31(2)39-29-40(48-46(47-39)33-16-9-6-10-17-33)34-19-13-22-36(28-34)50-41-23-14-18-32-24-25-38-37-26-27-49(35-20-11-7-12-21-35)42(37)30-43(50)45(38)44(32)41;1-2/h3-7,9-30H,1,8H2,2H3;1-2H3/b5-4-,31-15+;. The highest BCUT2D eigenvalue weighted by Gasteiger charge is 2.20. The van der Waals surface area contributed by atoms with E-state index in [2.05, 4.69) is 156 Å². The van der Waals surface area contributed by atoms with Crippen LogP contribution in [0.4, 0.5) is 0 Å². The summed E-state index contributed by atoms with van der Waals surface area (Å²) in [4.78, 5) is 10.2. The highest BCUT2D eigenvalue weighted by Crippen LogP contribution is 2.43. The first-order chi connectivity index (χ1) is 25.7. The third kappa shape index (κ3) is 5.69. The molecule has 0 spiro atoms. The maximum absolute atomic E-state index is 5.14. The van der Waals surface area contributed by atoms with Crippen LogP contribution in [0.3, 0.4) is 0 Å². The Morgan fingerprint density at radius 2 is 1.40 bits per heavy atom. The molecule has 4 nitrogen and oxygen atoms in total. The molecule has 0 saturated carbocycles. The van der Waals surface area contributed by atoms with Crippen LogP contribution in [-0.2, 0) is 0 Å². The minimum Gasteiger partial charge on any atom is -0.316 e. The molecule has 3 heterocycles. The van der Waals surface area contributed by atoms with Crippen molar-refractivity contribution in [3.05, 3.63) is 176 Å². The van der Waals surface area contributed by atoms with Crippen molar-refractivity contribution in [2.24, 2.45) is 0 Å². The number of hydrogen-bond acceptors (Lipinski definition) is 2. The van der Waals surface area contributed by atoms with Crippen LogP contribution in [0.5, 0.6) is 0 Å². The summed E-state index contributed by atoms with van der Waals surface area (Å²) in [6.07, 6.45) is 11.1. The first-order valence-corrected chi connectivity index (χ1v) is 18.0. The summed E-state index contributed by atoms with van der Waals surface area (Å²) in [5.74, 6) is 0.713. The number of allylic oxidation sites excluding steroid dienone is 5. The lowest BCUT2D eigenvalue weighted by Gasteiger charge is -2.13. The van der Waals surface area contributed by atoms with Crippen LogP contribution in [0.2, 0.25) is 0 Å². The Labute approximate surface area is 304 Å². The second kappa shape index (κ2) is 14.0. The summed E-state index contributed by atoms with van der Waals surface area (Å²) in [6, 6.07) is 47.5. The fourth-order valence-electron chi connectivity index (χ4n) is 7.30. The Morgan fingerprint density at radius 3 is 2.21 bits per heavy atom. The van der Waals surface area contributed by atoms with Crippen molar-refractivity contribution in [2.45, 2.75) is 27.2 Å². The van der Waals surface area contributed by atoms with Gasteiger partial charge < -0.3 is 9.13 Å². The molecule has 0 bridgehead atoms. The van der Waals surface area contributed by atoms with E-state index < -0.39 is 0 Å². The van der Waals surface area contributed by atoms with Gasteiger partial charge in [0.15, 0.2) is 5.82 Å². The molecule has 0 aliphatic carbocycles. The van der Waals surface area contributed by atoms with E-state index in [0.29, 0.717) is 5.82 Å². The van der Waals surface area contributed by atoms with Crippen LogP contribution < -0.4 is 0 Å². The molecule has 52 heavy (non-hydrogen) atoms. The molecular weight excluding hydrogens is 633 g/mol. The summed E-state index contributed by atoms with van der Waals surface area (Å²) in [6.45, 7) is 9.91. The molecule has 0 amide bonds. The van der Waals surface area contributed by atoms with E-state index in [9.17, 15) is 0 Å². The van der Waals surface area contributed by atoms with Crippen LogP contribution in [0.15, 0.2) is 171 Å². The quantitative estimate of drug-likeness (QED) is 0.119. The van der Waals surface area contributed by atoms with Crippen molar-refractivity contribution >= 4 is 49.1 Å². The van der Waals surface area contributed by atoms with Crippen LogP contribution in [0.1, 0.15) is 32.9 Å². The van der Waals surface area contributed by atoms with Gasteiger partial charge in [0.05, 0.1) is 27.9 Å². The summed E-state index contributed by atoms with van der Waals surface area (Å²) in [5, 5.41) is 6.36. The zero-order chi connectivity index (χ0) is 35.6. The molecule has 252 valence electrons. The molecule has 0 atom stereocenters. The van der Waals surface area contributed by atoms with Gasteiger partial charge in [-0.2, -0.15) is 0 Å². The first-order valence-electron chi connectivity index (χ1n) is 18.0. The number of para-hydroxylation sites is 1. The Bertz CT molecular complexity index is 2740. The highest BCUT2D eigenvalue weighted by molar-refractivity contribution is 6.29. The average Bonchev–Trinajstić information content (AvgIpc) is 3.80. The van der Waals surface area contributed by atoms with Crippen molar-refractivity contribution in [1.29, 1.82) is 0 Å². The molecule has 4 heteroatoms. The van der Waals surface area contributed by atoms with Crippen molar-refractivity contribution in [3.8, 4) is 34.0 Å². The molecule has 0 fully saturated rings. The maximum atomic E-state index is 5.14. The van der Waals surface area contributed by atoms with Gasteiger partial charge in [0.2, 0.25) is 0 Å². The Balaban J connectivity index is 0.00000190. The maximum Gasteiger partial charge on any atom is 0.160 e. The van der Waals surface area contributed by atoms with Gasteiger partial charge in [0, 0.05) is 44.9 Å². The van der Waals surface area contributed by atoms with Crippen molar-refractivity contribution in [3.63, 3.8) is 0 Å². The predicted octanol–water partition coefficient (Wildman–Crippen LogP) is 13.0. The van der Waals surface area contributed by atoms with Crippen LogP contribution >= 0.6 is 0 Å². The van der Waals surface area contributed by atoms with E-state index in [4.69, 9.17) is 9.97 Å². The van der Waals surface area contributed by atoms with Crippen LogP contribution in [0, 0.1) is 0 Å². The molecule has 9 aromatic rings. The lowest BCUT2D eigenvalue weighted by Crippen LogP contribution is -1.99. The van der Waals surface area contributed by atoms with Gasteiger partial charge in [-0.15, -0.1) is 0 Å². The van der Waals surface area contributed by atoms with Crippen molar-refractivity contribution < 1.29 is 0 Å². The topological polar surface area (TPSA) is 35.6 Å². The third-order valence-electron chi connectivity index (χ3n) is 9.68. The van der Waals surface area contributed by atoms with Gasteiger partial charge in [-0.05, 0) is 78.2 Å². The van der Waals surface area contributed by atoms with E-state index in [-0.39, 0.29) is 0 Å². The number of aromatic nitrogens is 4. The molecule has 9 rings (SSSR count). The van der Waals surface area contributed by atoms with Gasteiger partial charge in [-0.1, -0.05) is 130 Å². The molecule has 0 N–H and O–H groups in total. The second-order valence-electron chi connectivity index (χ2n) is 12.7. The van der Waals surface area contributed by atoms with Crippen LogP contribution in [-0.4, -0.2) is 19.1 Å². The van der Waals surface area contributed by atoms with Gasteiger partial charge in [0.25, 0.3) is 0 Å². The monoisotopic (exact) mass is 672 g/mol. The number of rotatable bonds is 8. The molecule has 3 aromatic heterocycles. The van der Waals surface area contributed by atoms with E-state index in [1.165, 1.54) is 43.5 Å². The molecule has 0 radical (unpaired) electrons. The Morgan fingerprint density at radius 1 is 0.654 bits per heavy atom. The molecule has 0 aliphatic rings. The zero-order valence-corrected chi connectivity index (χ0v) is 29.8. The molecule has 0 saturated heterocycles. The van der Waals surface area contributed by atoms with Gasteiger partial charge in [-0.3, -0.25) is 0 Å². The largest absolute Gasteiger partial charge is 0.316 e.